The number of hydrogen-bond acceptors (Lipinski definition) is 3. The molecule has 0 saturated heterocycles. The SMILES string of the molecule is CCCCCCC(=O)Nc1ccc(N(C)C)c(C(=O)NCc2ccccc2)c1. The summed E-state index contributed by atoms with van der Waals surface area (Å²) in [5, 5.41) is 5.88. The smallest absolute Gasteiger partial charge is 0.253 e. The zero-order chi connectivity index (χ0) is 20.4. The summed E-state index contributed by atoms with van der Waals surface area (Å²) in [6, 6.07) is 15.2. The maximum absolute atomic E-state index is 12.8. The Kier molecular flexibility index (Phi) is 8.53. The number of nitrogens with zero attached hydrogens (tertiary/aromatic N) is 1. The molecule has 0 aliphatic rings. The average molecular weight is 382 g/mol. The van der Waals surface area contributed by atoms with E-state index >= 15 is 0 Å². The number of anilines is 2. The largest absolute Gasteiger partial charge is 0.377 e. The highest BCUT2D eigenvalue weighted by Crippen LogP contribution is 2.23. The lowest BCUT2D eigenvalue weighted by Crippen LogP contribution is -2.25. The van der Waals surface area contributed by atoms with Crippen molar-refractivity contribution in [2.24, 2.45) is 0 Å². The second-order valence-corrected chi connectivity index (χ2v) is 7.15. The summed E-state index contributed by atoms with van der Waals surface area (Å²) >= 11 is 0. The van der Waals surface area contributed by atoms with E-state index in [1.54, 1.807) is 6.07 Å². The summed E-state index contributed by atoms with van der Waals surface area (Å²) in [6.45, 7) is 2.61. The summed E-state index contributed by atoms with van der Waals surface area (Å²) in [5.74, 6) is -0.170. The van der Waals surface area contributed by atoms with E-state index in [0.717, 1.165) is 36.9 Å². The first-order valence-corrected chi connectivity index (χ1v) is 9.94. The molecule has 150 valence electrons. The molecule has 5 heteroatoms. The molecule has 0 fully saturated rings. The van der Waals surface area contributed by atoms with E-state index in [2.05, 4.69) is 17.6 Å². The van der Waals surface area contributed by atoms with Gasteiger partial charge in [0.2, 0.25) is 5.91 Å². The van der Waals surface area contributed by atoms with Gasteiger partial charge in [-0.15, -0.1) is 0 Å². The van der Waals surface area contributed by atoms with Gasteiger partial charge in [-0.25, -0.2) is 0 Å². The van der Waals surface area contributed by atoms with Crippen molar-refractivity contribution in [3.63, 3.8) is 0 Å². The van der Waals surface area contributed by atoms with Gasteiger partial charge in [-0.2, -0.15) is 0 Å². The standard InChI is InChI=1S/C23H31N3O2/c1-4-5-6-10-13-22(27)25-19-14-15-21(26(2)3)20(16-19)23(28)24-17-18-11-8-7-9-12-18/h7-9,11-12,14-16H,4-6,10,13,17H2,1-3H3,(H,24,28)(H,25,27). The molecule has 0 bridgehead atoms. The van der Waals surface area contributed by atoms with Crippen molar-refractivity contribution in [2.75, 3.05) is 24.3 Å². The van der Waals surface area contributed by atoms with Crippen LogP contribution in [-0.2, 0) is 11.3 Å². The van der Waals surface area contributed by atoms with Crippen LogP contribution in [0.1, 0.15) is 54.9 Å². The summed E-state index contributed by atoms with van der Waals surface area (Å²) in [4.78, 5) is 26.8. The Labute approximate surface area is 168 Å². The van der Waals surface area contributed by atoms with Gasteiger partial charge in [0.05, 0.1) is 5.56 Å². The lowest BCUT2D eigenvalue weighted by Gasteiger charge is -2.18. The van der Waals surface area contributed by atoms with Crippen molar-refractivity contribution in [3.8, 4) is 0 Å². The van der Waals surface area contributed by atoms with Crippen LogP contribution >= 0.6 is 0 Å². The fraction of sp³-hybridized carbons (Fsp3) is 0.391. The summed E-state index contributed by atoms with van der Waals surface area (Å²) in [6.07, 6.45) is 4.76. The van der Waals surface area contributed by atoms with Crippen LogP contribution in [0.2, 0.25) is 0 Å². The van der Waals surface area contributed by atoms with E-state index in [9.17, 15) is 9.59 Å². The molecule has 0 heterocycles. The van der Waals surface area contributed by atoms with E-state index in [0.29, 0.717) is 24.2 Å². The Morgan fingerprint density at radius 1 is 0.964 bits per heavy atom. The predicted molar refractivity (Wildman–Crippen MR) is 116 cm³/mol. The van der Waals surface area contributed by atoms with Gasteiger partial charge in [0, 0.05) is 38.4 Å². The first kappa shape index (κ1) is 21.5. The Hall–Kier alpha value is -2.82. The molecule has 0 spiro atoms. The summed E-state index contributed by atoms with van der Waals surface area (Å²) in [5.41, 5.74) is 3.05. The van der Waals surface area contributed by atoms with Crippen LogP contribution in [0, 0.1) is 0 Å². The molecule has 5 nitrogen and oxygen atoms in total. The van der Waals surface area contributed by atoms with E-state index in [-0.39, 0.29) is 11.8 Å². The number of rotatable bonds is 10. The van der Waals surface area contributed by atoms with Crippen molar-refractivity contribution >= 4 is 23.2 Å². The monoisotopic (exact) mass is 381 g/mol. The Morgan fingerprint density at radius 2 is 1.71 bits per heavy atom. The molecule has 0 saturated carbocycles. The van der Waals surface area contributed by atoms with Gasteiger partial charge < -0.3 is 15.5 Å². The Bertz CT molecular complexity index is 773. The fourth-order valence-electron chi connectivity index (χ4n) is 2.99. The molecule has 0 aliphatic carbocycles. The lowest BCUT2D eigenvalue weighted by molar-refractivity contribution is -0.116. The molecule has 0 aliphatic heterocycles. The van der Waals surface area contributed by atoms with Crippen molar-refractivity contribution in [3.05, 3.63) is 59.7 Å². The summed E-state index contributed by atoms with van der Waals surface area (Å²) in [7, 11) is 3.80. The van der Waals surface area contributed by atoms with Crippen LogP contribution in [0.3, 0.4) is 0 Å². The molecule has 0 atom stereocenters. The van der Waals surface area contributed by atoms with Crippen LogP contribution in [0.25, 0.3) is 0 Å². The molecule has 2 aromatic rings. The van der Waals surface area contributed by atoms with Crippen LogP contribution < -0.4 is 15.5 Å². The van der Waals surface area contributed by atoms with E-state index in [1.807, 2.05) is 61.5 Å². The van der Waals surface area contributed by atoms with Gasteiger partial charge in [-0.1, -0.05) is 56.5 Å². The van der Waals surface area contributed by atoms with Gasteiger partial charge in [0.15, 0.2) is 0 Å². The second-order valence-electron chi connectivity index (χ2n) is 7.15. The van der Waals surface area contributed by atoms with Crippen molar-refractivity contribution in [1.29, 1.82) is 0 Å². The van der Waals surface area contributed by atoms with Crippen LogP contribution in [0.5, 0.6) is 0 Å². The Morgan fingerprint density at radius 3 is 2.39 bits per heavy atom. The van der Waals surface area contributed by atoms with E-state index < -0.39 is 0 Å². The molecule has 0 radical (unpaired) electrons. The van der Waals surface area contributed by atoms with Crippen molar-refractivity contribution < 1.29 is 9.59 Å². The third-order valence-electron chi connectivity index (χ3n) is 4.56. The number of hydrogen-bond donors (Lipinski definition) is 2. The molecular weight excluding hydrogens is 350 g/mol. The van der Waals surface area contributed by atoms with Crippen LogP contribution in [-0.4, -0.2) is 25.9 Å². The van der Waals surface area contributed by atoms with Crippen LogP contribution in [0.15, 0.2) is 48.5 Å². The van der Waals surface area contributed by atoms with Gasteiger partial charge in [0.1, 0.15) is 0 Å². The number of amides is 2. The predicted octanol–water partition coefficient (Wildman–Crippen LogP) is 4.59. The number of carbonyl (C=O) groups excluding carboxylic acids is 2. The highest BCUT2D eigenvalue weighted by atomic mass is 16.2. The van der Waals surface area contributed by atoms with Gasteiger partial charge in [0.25, 0.3) is 5.91 Å². The number of nitrogens with one attached hydrogen (secondary N) is 2. The minimum absolute atomic E-state index is 0.00986. The van der Waals surface area contributed by atoms with Gasteiger partial charge in [-0.05, 0) is 30.2 Å². The fourth-order valence-corrected chi connectivity index (χ4v) is 2.99. The lowest BCUT2D eigenvalue weighted by atomic mass is 10.1. The topological polar surface area (TPSA) is 61.4 Å². The van der Waals surface area contributed by atoms with Gasteiger partial charge in [-0.3, -0.25) is 9.59 Å². The molecular formula is C23H31N3O2. The Balaban J connectivity index is 2.05. The molecule has 0 aromatic heterocycles. The van der Waals surface area contributed by atoms with Crippen molar-refractivity contribution in [1.82, 2.24) is 5.32 Å². The number of unbranched alkanes of at least 4 members (excludes halogenated alkanes) is 3. The van der Waals surface area contributed by atoms with E-state index in [4.69, 9.17) is 0 Å². The minimum atomic E-state index is -0.161. The first-order valence-electron chi connectivity index (χ1n) is 9.94. The molecule has 2 amide bonds. The van der Waals surface area contributed by atoms with Crippen LogP contribution in [0.4, 0.5) is 11.4 Å². The molecule has 28 heavy (non-hydrogen) atoms. The normalized spacial score (nSPS) is 10.4. The quantitative estimate of drug-likeness (QED) is 0.592. The second kappa shape index (κ2) is 11.1. The van der Waals surface area contributed by atoms with E-state index in [1.165, 1.54) is 0 Å². The highest BCUT2D eigenvalue weighted by Gasteiger charge is 2.15. The van der Waals surface area contributed by atoms with Gasteiger partial charge >= 0.3 is 0 Å². The summed E-state index contributed by atoms with van der Waals surface area (Å²) < 4.78 is 0. The van der Waals surface area contributed by atoms with Crippen molar-refractivity contribution in [2.45, 2.75) is 45.6 Å². The number of benzene rings is 2. The zero-order valence-electron chi connectivity index (χ0n) is 17.1. The number of carbonyl (C=O) groups is 2. The first-order chi connectivity index (χ1) is 13.5. The zero-order valence-corrected chi connectivity index (χ0v) is 17.1. The molecule has 0 unspecified atom stereocenters. The maximum Gasteiger partial charge on any atom is 0.253 e. The molecule has 2 N–H and O–H groups in total. The maximum atomic E-state index is 12.8. The third-order valence-corrected chi connectivity index (χ3v) is 4.56. The molecule has 2 rings (SSSR count). The third kappa shape index (κ3) is 6.72. The highest BCUT2D eigenvalue weighted by molar-refractivity contribution is 6.02. The molecule has 2 aromatic carbocycles. The minimum Gasteiger partial charge on any atom is -0.377 e. The average Bonchev–Trinajstić information content (AvgIpc) is 2.70.